The maximum absolute atomic E-state index is 9.40. The molecule has 0 aromatic carbocycles. The van der Waals surface area contributed by atoms with Crippen molar-refractivity contribution < 1.29 is 10.2 Å². The fraction of sp³-hybridized carbons (Fsp3) is 1.00. The average molecular weight is 232 g/mol. The third-order valence-corrected chi connectivity index (χ3v) is 3.04. The minimum Gasteiger partial charge on any atom is -0.395 e. The Balaban J connectivity index is 3.62. The highest BCUT2D eigenvalue weighted by Gasteiger charge is 2.12. The molecule has 0 bridgehead atoms. The predicted molar refractivity (Wildman–Crippen MR) is 66.9 cm³/mol. The fourth-order valence-corrected chi connectivity index (χ4v) is 1.96. The highest BCUT2D eigenvalue weighted by molar-refractivity contribution is 4.67. The molecule has 0 saturated heterocycles. The fourth-order valence-electron chi connectivity index (χ4n) is 1.96. The predicted octanol–water partition coefficient (Wildman–Crippen LogP) is 0.458. The summed E-state index contributed by atoms with van der Waals surface area (Å²) in [6.07, 6.45) is 3.44. The summed E-state index contributed by atoms with van der Waals surface area (Å²) in [6, 6.07) is -0.0973. The van der Waals surface area contributed by atoms with Gasteiger partial charge in [0.15, 0.2) is 0 Å². The molecule has 0 heterocycles. The third-order valence-electron chi connectivity index (χ3n) is 3.04. The molecule has 0 radical (unpaired) electrons. The summed E-state index contributed by atoms with van der Waals surface area (Å²) in [5, 5.41) is 18.2. The van der Waals surface area contributed by atoms with Gasteiger partial charge in [0.05, 0.1) is 12.7 Å². The van der Waals surface area contributed by atoms with Gasteiger partial charge in [-0.1, -0.05) is 26.7 Å². The molecule has 4 atom stereocenters. The molecule has 4 nitrogen and oxygen atoms in total. The third kappa shape index (κ3) is 8.05. The topological polar surface area (TPSA) is 92.5 Å². The summed E-state index contributed by atoms with van der Waals surface area (Å²) < 4.78 is 0. The Morgan fingerprint density at radius 1 is 1.06 bits per heavy atom. The Morgan fingerprint density at radius 2 is 1.56 bits per heavy atom. The lowest BCUT2D eigenvalue weighted by atomic mass is 9.91. The van der Waals surface area contributed by atoms with Crippen molar-refractivity contribution in [1.29, 1.82) is 0 Å². The van der Waals surface area contributed by atoms with E-state index in [1.165, 1.54) is 0 Å². The van der Waals surface area contributed by atoms with Gasteiger partial charge in [0, 0.05) is 12.6 Å². The van der Waals surface area contributed by atoms with Crippen LogP contribution >= 0.6 is 0 Å². The lowest BCUT2D eigenvalue weighted by Crippen LogP contribution is -2.27. The molecule has 16 heavy (non-hydrogen) atoms. The monoisotopic (exact) mass is 232 g/mol. The number of rotatable bonds is 9. The Bertz CT molecular complexity index is 149. The summed E-state index contributed by atoms with van der Waals surface area (Å²) in [6.45, 7) is 4.69. The molecule has 4 unspecified atom stereocenters. The van der Waals surface area contributed by atoms with Crippen molar-refractivity contribution in [2.45, 2.75) is 51.7 Å². The molecule has 98 valence electrons. The van der Waals surface area contributed by atoms with Crippen LogP contribution in [0.5, 0.6) is 0 Å². The van der Waals surface area contributed by atoms with Crippen LogP contribution in [0.15, 0.2) is 0 Å². The summed E-state index contributed by atoms with van der Waals surface area (Å²) >= 11 is 0. The van der Waals surface area contributed by atoms with E-state index in [1.54, 1.807) is 0 Å². The van der Waals surface area contributed by atoms with Gasteiger partial charge in [-0.05, 0) is 24.7 Å². The van der Waals surface area contributed by atoms with E-state index in [0.29, 0.717) is 18.4 Å². The Hall–Kier alpha value is -0.160. The minimum absolute atomic E-state index is 0.0613. The van der Waals surface area contributed by atoms with Gasteiger partial charge in [-0.3, -0.25) is 0 Å². The van der Waals surface area contributed by atoms with Gasteiger partial charge in [0.25, 0.3) is 0 Å². The van der Waals surface area contributed by atoms with Crippen LogP contribution in [0.3, 0.4) is 0 Å². The van der Waals surface area contributed by atoms with Gasteiger partial charge < -0.3 is 21.7 Å². The average Bonchev–Trinajstić information content (AvgIpc) is 2.26. The number of aliphatic hydroxyl groups is 2. The molecule has 0 aliphatic rings. The SMILES string of the molecule is CC(CCC(C)CC(O)CN)CC(N)CO. The van der Waals surface area contributed by atoms with E-state index < -0.39 is 0 Å². The van der Waals surface area contributed by atoms with Gasteiger partial charge in [0.1, 0.15) is 0 Å². The highest BCUT2D eigenvalue weighted by atomic mass is 16.3. The van der Waals surface area contributed by atoms with E-state index >= 15 is 0 Å². The number of nitrogens with two attached hydrogens (primary N) is 2. The van der Waals surface area contributed by atoms with Crippen molar-refractivity contribution in [3.63, 3.8) is 0 Å². The molecule has 0 aromatic heterocycles. The molecule has 0 amide bonds. The second-order valence-corrected chi connectivity index (χ2v) is 5.09. The van der Waals surface area contributed by atoms with Crippen molar-refractivity contribution in [2.24, 2.45) is 23.3 Å². The lowest BCUT2D eigenvalue weighted by Gasteiger charge is -2.19. The lowest BCUT2D eigenvalue weighted by molar-refractivity contribution is 0.148. The van der Waals surface area contributed by atoms with Crippen molar-refractivity contribution >= 4 is 0 Å². The first kappa shape index (κ1) is 15.8. The first-order chi connectivity index (χ1) is 7.49. The first-order valence-electron chi connectivity index (χ1n) is 6.24. The molecular formula is C12H28N2O2. The quantitative estimate of drug-likeness (QED) is 0.464. The molecule has 6 N–H and O–H groups in total. The second kappa shape index (κ2) is 8.93. The van der Waals surface area contributed by atoms with Gasteiger partial charge in [-0.2, -0.15) is 0 Å². The summed E-state index contributed by atoms with van der Waals surface area (Å²) in [4.78, 5) is 0. The van der Waals surface area contributed by atoms with Crippen LogP contribution in [0.1, 0.15) is 39.5 Å². The van der Waals surface area contributed by atoms with Crippen LogP contribution in [0, 0.1) is 11.8 Å². The molecule has 4 heteroatoms. The standard InChI is InChI=1S/C12H28N2O2/c1-9(5-11(14)8-15)3-4-10(2)6-12(16)7-13/h9-12,15-16H,3-8,13-14H2,1-2H3. The largest absolute Gasteiger partial charge is 0.395 e. The van der Waals surface area contributed by atoms with Gasteiger partial charge in [-0.25, -0.2) is 0 Å². The molecule has 0 aliphatic heterocycles. The molecule has 0 saturated carbocycles. The first-order valence-corrected chi connectivity index (χ1v) is 6.24. The van der Waals surface area contributed by atoms with E-state index in [-0.39, 0.29) is 18.8 Å². The molecule has 0 fully saturated rings. The number of hydrogen-bond donors (Lipinski definition) is 4. The van der Waals surface area contributed by atoms with E-state index in [0.717, 1.165) is 25.7 Å². The van der Waals surface area contributed by atoms with E-state index in [4.69, 9.17) is 16.6 Å². The van der Waals surface area contributed by atoms with Crippen LogP contribution in [0.4, 0.5) is 0 Å². The zero-order chi connectivity index (χ0) is 12.6. The Kier molecular flexibility index (Phi) is 8.84. The van der Waals surface area contributed by atoms with Crippen molar-refractivity contribution in [3.05, 3.63) is 0 Å². The van der Waals surface area contributed by atoms with Crippen molar-refractivity contribution in [3.8, 4) is 0 Å². The Labute approximate surface area is 99.0 Å². The highest BCUT2D eigenvalue weighted by Crippen LogP contribution is 2.19. The minimum atomic E-state index is -0.370. The van der Waals surface area contributed by atoms with Gasteiger partial charge in [0.2, 0.25) is 0 Å². The maximum Gasteiger partial charge on any atom is 0.0665 e. The van der Waals surface area contributed by atoms with Crippen molar-refractivity contribution in [1.82, 2.24) is 0 Å². The van der Waals surface area contributed by atoms with Crippen LogP contribution in [-0.4, -0.2) is 35.5 Å². The molecule has 0 spiro atoms. The summed E-state index contributed by atoms with van der Waals surface area (Å²) in [7, 11) is 0. The van der Waals surface area contributed by atoms with Crippen LogP contribution in [-0.2, 0) is 0 Å². The van der Waals surface area contributed by atoms with E-state index in [1.807, 2.05) is 0 Å². The summed E-state index contributed by atoms with van der Waals surface area (Å²) in [5.41, 5.74) is 11.0. The van der Waals surface area contributed by atoms with E-state index in [2.05, 4.69) is 13.8 Å². The van der Waals surface area contributed by atoms with Crippen molar-refractivity contribution in [2.75, 3.05) is 13.2 Å². The Morgan fingerprint density at radius 3 is 2.00 bits per heavy atom. The van der Waals surface area contributed by atoms with E-state index in [9.17, 15) is 5.11 Å². The molecule has 0 aromatic rings. The zero-order valence-electron chi connectivity index (χ0n) is 10.6. The molecule has 0 rings (SSSR count). The summed E-state index contributed by atoms with van der Waals surface area (Å²) in [5.74, 6) is 1.02. The van der Waals surface area contributed by atoms with Crippen LogP contribution in [0.25, 0.3) is 0 Å². The zero-order valence-corrected chi connectivity index (χ0v) is 10.6. The van der Waals surface area contributed by atoms with Crippen LogP contribution in [0.2, 0.25) is 0 Å². The normalized spacial score (nSPS) is 19.1. The molecular weight excluding hydrogens is 204 g/mol. The van der Waals surface area contributed by atoms with Crippen LogP contribution < -0.4 is 11.5 Å². The van der Waals surface area contributed by atoms with Gasteiger partial charge in [-0.15, -0.1) is 0 Å². The smallest absolute Gasteiger partial charge is 0.0665 e. The second-order valence-electron chi connectivity index (χ2n) is 5.09. The number of aliphatic hydroxyl groups excluding tert-OH is 2. The number of hydrogen-bond acceptors (Lipinski definition) is 4. The molecule has 0 aliphatic carbocycles. The maximum atomic E-state index is 9.40. The van der Waals surface area contributed by atoms with Gasteiger partial charge >= 0.3 is 0 Å².